The van der Waals surface area contributed by atoms with Crippen LogP contribution in [-0.2, 0) is 16.6 Å². The second kappa shape index (κ2) is 6.33. The number of aromatic amines is 1. The Kier molecular flexibility index (Phi) is 4.90. The molecule has 0 aliphatic carbocycles. The first-order valence-corrected chi connectivity index (χ1v) is 8.29. The van der Waals surface area contributed by atoms with Crippen molar-refractivity contribution in [3.63, 3.8) is 0 Å². The first kappa shape index (κ1) is 16.3. The van der Waals surface area contributed by atoms with Crippen LogP contribution in [0.3, 0.4) is 0 Å². The summed E-state index contributed by atoms with van der Waals surface area (Å²) in [7, 11) is -3.82. The molecule has 0 saturated carbocycles. The zero-order valence-corrected chi connectivity index (χ0v) is 13.4. The van der Waals surface area contributed by atoms with Crippen LogP contribution in [-0.4, -0.2) is 18.4 Å². The Labute approximate surface area is 132 Å². The van der Waals surface area contributed by atoms with Gasteiger partial charge in [-0.15, -0.1) is 0 Å². The number of aromatic nitrogens is 2. The molecule has 6 nitrogen and oxygen atoms in total. The van der Waals surface area contributed by atoms with Gasteiger partial charge in [0.1, 0.15) is 10.7 Å². The Morgan fingerprint density at radius 2 is 2.14 bits per heavy atom. The van der Waals surface area contributed by atoms with Gasteiger partial charge in [0.2, 0.25) is 10.0 Å². The van der Waals surface area contributed by atoms with Crippen molar-refractivity contribution in [2.24, 2.45) is 5.73 Å². The van der Waals surface area contributed by atoms with Gasteiger partial charge in [0.15, 0.2) is 0 Å². The van der Waals surface area contributed by atoms with Crippen LogP contribution >= 0.6 is 23.2 Å². The van der Waals surface area contributed by atoms with E-state index in [4.69, 9.17) is 28.9 Å². The van der Waals surface area contributed by atoms with Crippen LogP contribution in [0.15, 0.2) is 29.4 Å². The molecule has 2 aromatic rings. The zero-order chi connectivity index (χ0) is 15.6. The number of hydrogen-bond acceptors (Lipinski definition) is 4. The van der Waals surface area contributed by atoms with Crippen LogP contribution in [0.5, 0.6) is 0 Å². The molecule has 9 heteroatoms. The number of H-pyrrole nitrogens is 1. The van der Waals surface area contributed by atoms with Gasteiger partial charge in [-0.1, -0.05) is 23.2 Å². The van der Waals surface area contributed by atoms with Crippen LogP contribution < -0.4 is 10.5 Å². The molecule has 0 fully saturated rings. The quantitative estimate of drug-likeness (QED) is 0.770. The number of hydrogen-bond donors (Lipinski definition) is 3. The third-order valence-corrected chi connectivity index (χ3v) is 5.39. The van der Waals surface area contributed by atoms with E-state index in [1.165, 1.54) is 12.1 Å². The largest absolute Gasteiger partial charge is 0.347 e. The number of imidazole rings is 1. The van der Waals surface area contributed by atoms with Crippen molar-refractivity contribution in [1.82, 2.24) is 14.7 Å². The molecule has 0 aliphatic rings. The molecule has 1 atom stereocenters. The van der Waals surface area contributed by atoms with Crippen LogP contribution in [0, 0.1) is 0 Å². The van der Waals surface area contributed by atoms with Crippen molar-refractivity contribution in [3.8, 4) is 0 Å². The lowest BCUT2D eigenvalue weighted by atomic mass is 10.2. The van der Waals surface area contributed by atoms with Crippen LogP contribution in [0.4, 0.5) is 0 Å². The normalized spacial score (nSPS) is 13.3. The van der Waals surface area contributed by atoms with Gasteiger partial charge in [-0.25, -0.2) is 18.1 Å². The van der Waals surface area contributed by atoms with Gasteiger partial charge < -0.3 is 10.7 Å². The van der Waals surface area contributed by atoms with Crippen molar-refractivity contribution < 1.29 is 8.42 Å². The lowest BCUT2D eigenvalue weighted by molar-refractivity contribution is 0.561. The highest BCUT2D eigenvalue weighted by Gasteiger charge is 2.24. The van der Waals surface area contributed by atoms with Crippen LogP contribution in [0.1, 0.15) is 24.4 Å². The summed E-state index contributed by atoms with van der Waals surface area (Å²) in [5.41, 5.74) is 5.94. The van der Waals surface area contributed by atoms with Gasteiger partial charge in [0.25, 0.3) is 0 Å². The minimum Gasteiger partial charge on any atom is -0.347 e. The Balaban J connectivity index is 2.36. The fraction of sp³-hybridized carbons (Fsp3) is 0.250. The average molecular weight is 349 g/mol. The maximum atomic E-state index is 12.4. The molecule has 0 saturated heterocycles. The van der Waals surface area contributed by atoms with E-state index in [-0.39, 0.29) is 16.5 Å². The predicted octanol–water partition coefficient (Wildman–Crippen LogP) is 2.21. The Bertz CT molecular complexity index is 732. The Morgan fingerprint density at radius 1 is 1.43 bits per heavy atom. The van der Waals surface area contributed by atoms with E-state index in [1.54, 1.807) is 19.3 Å². The number of nitrogens with zero attached hydrogens (tertiary/aromatic N) is 1. The third kappa shape index (κ3) is 3.38. The fourth-order valence-corrected chi connectivity index (χ4v) is 3.98. The highest BCUT2D eigenvalue weighted by atomic mass is 35.5. The highest BCUT2D eigenvalue weighted by Crippen LogP contribution is 2.31. The molecule has 21 heavy (non-hydrogen) atoms. The summed E-state index contributed by atoms with van der Waals surface area (Å²) in [6.07, 6.45) is 3.16. The molecule has 114 valence electrons. The summed E-state index contributed by atoms with van der Waals surface area (Å²) < 4.78 is 27.3. The number of nitrogens with one attached hydrogen (secondary N) is 2. The molecule has 1 heterocycles. The number of sulfonamides is 1. The monoisotopic (exact) mass is 348 g/mol. The predicted molar refractivity (Wildman–Crippen MR) is 81.7 cm³/mol. The Hall–Kier alpha value is -1.12. The number of halogens is 2. The highest BCUT2D eigenvalue weighted by molar-refractivity contribution is 7.89. The lowest BCUT2D eigenvalue weighted by Gasteiger charge is -2.15. The summed E-state index contributed by atoms with van der Waals surface area (Å²) in [6, 6.07) is 2.28. The molecular weight excluding hydrogens is 335 g/mol. The molecule has 1 unspecified atom stereocenters. The molecule has 2 rings (SSSR count). The summed E-state index contributed by atoms with van der Waals surface area (Å²) in [5, 5.41) is 0.365. The van der Waals surface area contributed by atoms with Crippen molar-refractivity contribution in [2.45, 2.75) is 24.4 Å². The van der Waals surface area contributed by atoms with E-state index in [0.717, 1.165) is 0 Å². The van der Waals surface area contributed by atoms with Gasteiger partial charge in [-0.2, -0.15) is 0 Å². The average Bonchev–Trinajstić information content (AvgIpc) is 2.92. The molecule has 4 N–H and O–H groups in total. The van der Waals surface area contributed by atoms with E-state index >= 15 is 0 Å². The van der Waals surface area contributed by atoms with Crippen molar-refractivity contribution in [2.75, 3.05) is 0 Å². The smallest absolute Gasteiger partial charge is 0.242 e. The number of nitrogens with two attached hydrogens (primary N) is 1. The van der Waals surface area contributed by atoms with Crippen LogP contribution in [0.25, 0.3) is 0 Å². The van der Waals surface area contributed by atoms with E-state index in [2.05, 4.69) is 14.7 Å². The molecule has 1 aromatic carbocycles. The first-order valence-electron chi connectivity index (χ1n) is 6.05. The van der Waals surface area contributed by atoms with Crippen molar-refractivity contribution in [1.29, 1.82) is 0 Å². The van der Waals surface area contributed by atoms with Crippen LogP contribution in [0.2, 0.25) is 10.0 Å². The molecular formula is C12H14Cl2N4O2S. The maximum Gasteiger partial charge on any atom is 0.242 e. The van der Waals surface area contributed by atoms with Gasteiger partial charge in [-0.3, -0.25) is 0 Å². The topological polar surface area (TPSA) is 101 Å². The van der Waals surface area contributed by atoms with Gasteiger partial charge in [0, 0.05) is 29.5 Å². The Morgan fingerprint density at radius 3 is 2.71 bits per heavy atom. The summed E-state index contributed by atoms with van der Waals surface area (Å²) >= 11 is 12.0. The van der Waals surface area contributed by atoms with Gasteiger partial charge in [-0.05, 0) is 19.1 Å². The summed E-state index contributed by atoms with van der Waals surface area (Å²) in [6.45, 7) is 1.72. The molecule has 0 spiro atoms. The van der Waals surface area contributed by atoms with E-state index in [1.807, 2.05) is 0 Å². The lowest BCUT2D eigenvalue weighted by Crippen LogP contribution is -2.28. The second-order valence-corrected chi connectivity index (χ2v) is 6.83. The summed E-state index contributed by atoms with van der Waals surface area (Å²) in [5.74, 6) is 0.503. The third-order valence-electron chi connectivity index (χ3n) is 2.91. The van der Waals surface area contributed by atoms with Crippen molar-refractivity contribution >= 4 is 33.2 Å². The van der Waals surface area contributed by atoms with E-state index in [9.17, 15) is 8.42 Å². The maximum absolute atomic E-state index is 12.4. The number of benzene rings is 1. The van der Waals surface area contributed by atoms with Gasteiger partial charge in [0.05, 0.1) is 11.1 Å². The first-order chi connectivity index (χ1) is 9.86. The van der Waals surface area contributed by atoms with Crippen molar-refractivity contribution in [3.05, 3.63) is 46.0 Å². The van der Waals surface area contributed by atoms with E-state index < -0.39 is 16.1 Å². The van der Waals surface area contributed by atoms with E-state index in [0.29, 0.717) is 16.4 Å². The molecule has 1 aromatic heterocycles. The minimum absolute atomic E-state index is 0.0316. The SMILES string of the molecule is CC(NS(=O)(=O)c1ccc(Cl)c(CN)c1Cl)c1ncc[nH]1. The minimum atomic E-state index is -3.82. The standard InChI is InChI=1S/C12H14Cl2N4O2S/c1-7(12-16-4-5-17-12)18-21(19,20)10-3-2-9(13)8(6-15)11(10)14/h2-5,7,18H,6,15H2,1H3,(H,16,17). The number of rotatable bonds is 5. The molecule has 0 radical (unpaired) electrons. The fourth-order valence-electron chi connectivity index (χ4n) is 1.84. The molecule has 0 amide bonds. The molecule has 0 bridgehead atoms. The second-order valence-electron chi connectivity index (χ2n) is 4.36. The van der Waals surface area contributed by atoms with Gasteiger partial charge >= 0.3 is 0 Å². The zero-order valence-electron chi connectivity index (χ0n) is 11.1. The summed E-state index contributed by atoms with van der Waals surface area (Å²) in [4.78, 5) is 6.79. The molecule has 0 aliphatic heterocycles.